The number of carboxylic acid groups (broad SMARTS) is 1. The molecule has 33 heavy (non-hydrogen) atoms. The van der Waals surface area contributed by atoms with Crippen LogP contribution in [0.3, 0.4) is 0 Å². The van der Waals surface area contributed by atoms with Crippen LogP contribution in [0.2, 0.25) is 0 Å². The lowest BCUT2D eigenvalue weighted by Gasteiger charge is -2.12. The Labute approximate surface area is 191 Å². The van der Waals surface area contributed by atoms with Gasteiger partial charge in [-0.2, -0.15) is 0 Å². The van der Waals surface area contributed by atoms with Gasteiger partial charge in [0.1, 0.15) is 17.2 Å². The van der Waals surface area contributed by atoms with Crippen LogP contribution in [0.1, 0.15) is 15.9 Å². The average molecular weight is 435 g/mol. The fourth-order valence-corrected chi connectivity index (χ4v) is 3.27. The van der Waals surface area contributed by atoms with Crippen LogP contribution in [0.5, 0.6) is 11.5 Å². The van der Waals surface area contributed by atoms with E-state index < -0.39 is 11.9 Å². The van der Waals surface area contributed by atoms with Crippen LogP contribution in [-0.4, -0.2) is 17.0 Å². The molecule has 0 spiro atoms. The molecule has 2 N–H and O–H groups in total. The predicted octanol–water partition coefficient (Wildman–Crippen LogP) is 6.00. The summed E-state index contributed by atoms with van der Waals surface area (Å²) >= 11 is 0. The first-order valence-electron chi connectivity index (χ1n) is 10.3. The maximum Gasteiger partial charge on any atom is 0.352 e. The maximum absolute atomic E-state index is 12.3. The van der Waals surface area contributed by atoms with Crippen molar-refractivity contribution in [3.8, 4) is 22.6 Å². The molecule has 0 saturated carbocycles. The Kier molecular flexibility index (Phi) is 6.61. The number of para-hydroxylation sites is 1. The summed E-state index contributed by atoms with van der Waals surface area (Å²) in [6.45, 7) is 0. The summed E-state index contributed by atoms with van der Waals surface area (Å²) in [6, 6.07) is 33.2. The van der Waals surface area contributed by atoms with Gasteiger partial charge in [0.15, 0.2) is 0 Å². The largest absolute Gasteiger partial charge is 0.477 e. The Morgan fingerprint density at radius 1 is 0.727 bits per heavy atom. The monoisotopic (exact) mass is 435 g/mol. The Bertz CT molecular complexity index is 1280. The summed E-state index contributed by atoms with van der Waals surface area (Å²) in [5, 5.41) is 12.0. The SMILES string of the molecule is O=C(O)/C(=C\c1ccc(Oc2ccccc2-c2ccccc2)cc1)NC(=O)c1ccccc1. The predicted molar refractivity (Wildman–Crippen MR) is 128 cm³/mol. The van der Waals surface area contributed by atoms with Crippen LogP contribution in [0.25, 0.3) is 17.2 Å². The summed E-state index contributed by atoms with van der Waals surface area (Å²) in [6.07, 6.45) is 1.41. The molecule has 5 heteroatoms. The highest BCUT2D eigenvalue weighted by atomic mass is 16.5. The molecule has 4 rings (SSSR count). The minimum absolute atomic E-state index is 0.216. The zero-order valence-corrected chi connectivity index (χ0v) is 17.6. The van der Waals surface area contributed by atoms with Gasteiger partial charge in [0, 0.05) is 11.1 Å². The lowest BCUT2D eigenvalue weighted by atomic mass is 10.0. The number of hydrogen-bond donors (Lipinski definition) is 2. The van der Waals surface area contributed by atoms with Crippen molar-refractivity contribution in [3.05, 3.63) is 126 Å². The molecule has 0 bridgehead atoms. The van der Waals surface area contributed by atoms with E-state index in [1.807, 2.05) is 54.6 Å². The molecule has 0 aliphatic carbocycles. The molecule has 0 saturated heterocycles. The van der Waals surface area contributed by atoms with E-state index in [-0.39, 0.29) is 5.70 Å². The number of carboxylic acids is 1. The number of carbonyl (C=O) groups is 2. The highest BCUT2D eigenvalue weighted by Crippen LogP contribution is 2.33. The highest BCUT2D eigenvalue weighted by Gasteiger charge is 2.13. The number of carbonyl (C=O) groups excluding carboxylic acids is 1. The molecule has 0 atom stereocenters. The number of benzene rings is 4. The fourth-order valence-electron chi connectivity index (χ4n) is 3.27. The van der Waals surface area contributed by atoms with Crippen LogP contribution >= 0.6 is 0 Å². The summed E-state index contributed by atoms with van der Waals surface area (Å²) < 4.78 is 6.09. The summed E-state index contributed by atoms with van der Waals surface area (Å²) in [5.74, 6) is -0.382. The van der Waals surface area contributed by atoms with Gasteiger partial charge in [-0.25, -0.2) is 4.79 Å². The van der Waals surface area contributed by atoms with E-state index in [4.69, 9.17) is 4.74 Å². The third-order valence-corrected chi connectivity index (χ3v) is 4.91. The van der Waals surface area contributed by atoms with Gasteiger partial charge in [-0.3, -0.25) is 4.79 Å². The second-order valence-electron chi connectivity index (χ2n) is 7.22. The van der Waals surface area contributed by atoms with Gasteiger partial charge in [0.25, 0.3) is 5.91 Å². The summed E-state index contributed by atoms with van der Waals surface area (Å²) in [7, 11) is 0. The molecule has 0 aliphatic rings. The zero-order chi connectivity index (χ0) is 23.0. The van der Waals surface area contributed by atoms with Crippen LogP contribution < -0.4 is 10.1 Å². The molecule has 0 aliphatic heterocycles. The lowest BCUT2D eigenvalue weighted by molar-refractivity contribution is -0.132. The van der Waals surface area contributed by atoms with Crippen LogP contribution in [-0.2, 0) is 4.79 Å². The van der Waals surface area contributed by atoms with Gasteiger partial charge in [-0.15, -0.1) is 0 Å². The van der Waals surface area contributed by atoms with Crippen molar-refractivity contribution in [1.29, 1.82) is 0 Å². The molecule has 4 aromatic carbocycles. The minimum atomic E-state index is -1.23. The van der Waals surface area contributed by atoms with E-state index >= 15 is 0 Å². The van der Waals surface area contributed by atoms with E-state index in [0.717, 1.165) is 11.1 Å². The minimum Gasteiger partial charge on any atom is -0.477 e. The Balaban J connectivity index is 1.52. The standard InChI is InChI=1S/C28H21NO4/c30-27(22-11-5-2-6-12-22)29-25(28(31)32)19-20-15-17-23(18-16-20)33-26-14-8-7-13-24(26)21-9-3-1-4-10-21/h1-19H,(H,29,30)(H,31,32)/b25-19+. The van der Waals surface area contributed by atoms with Crippen molar-refractivity contribution in [2.75, 3.05) is 0 Å². The molecular weight excluding hydrogens is 414 g/mol. The summed E-state index contributed by atoms with van der Waals surface area (Å²) in [5.41, 5.74) is 2.80. The number of hydrogen-bond acceptors (Lipinski definition) is 3. The lowest BCUT2D eigenvalue weighted by Crippen LogP contribution is -2.27. The molecule has 0 fully saturated rings. The van der Waals surface area contributed by atoms with E-state index in [0.29, 0.717) is 22.6 Å². The van der Waals surface area contributed by atoms with Crippen molar-refractivity contribution in [3.63, 3.8) is 0 Å². The Morgan fingerprint density at radius 2 is 1.33 bits per heavy atom. The van der Waals surface area contributed by atoms with Crippen LogP contribution in [0, 0.1) is 0 Å². The fraction of sp³-hybridized carbons (Fsp3) is 0. The number of nitrogens with one attached hydrogen (secondary N) is 1. The smallest absolute Gasteiger partial charge is 0.352 e. The van der Waals surface area contributed by atoms with E-state index in [1.54, 1.807) is 54.6 Å². The molecule has 0 radical (unpaired) electrons. The number of aliphatic carboxylic acids is 1. The van der Waals surface area contributed by atoms with Gasteiger partial charge in [0.2, 0.25) is 0 Å². The van der Waals surface area contributed by atoms with Gasteiger partial charge in [-0.1, -0.05) is 78.9 Å². The van der Waals surface area contributed by atoms with Crippen LogP contribution in [0.4, 0.5) is 0 Å². The number of amides is 1. The van der Waals surface area contributed by atoms with Crippen molar-refractivity contribution in [2.24, 2.45) is 0 Å². The topological polar surface area (TPSA) is 75.6 Å². The normalized spacial score (nSPS) is 11.0. The zero-order valence-electron chi connectivity index (χ0n) is 17.6. The van der Waals surface area contributed by atoms with Crippen molar-refractivity contribution in [2.45, 2.75) is 0 Å². The number of ether oxygens (including phenoxy) is 1. The molecule has 4 aromatic rings. The average Bonchev–Trinajstić information content (AvgIpc) is 2.86. The van der Waals surface area contributed by atoms with Gasteiger partial charge in [0.05, 0.1) is 0 Å². The second kappa shape index (κ2) is 10.1. The van der Waals surface area contributed by atoms with Gasteiger partial charge in [-0.05, 0) is 47.5 Å². The summed E-state index contributed by atoms with van der Waals surface area (Å²) in [4.78, 5) is 24.0. The molecule has 162 valence electrons. The molecule has 0 heterocycles. The van der Waals surface area contributed by atoms with Crippen molar-refractivity contribution in [1.82, 2.24) is 5.32 Å². The molecule has 0 aromatic heterocycles. The number of rotatable bonds is 7. The first-order chi connectivity index (χ1) is 16.1. The second-order valence-corrected chi connectivity index (χ2v) is 7.22. The van der Waals surface area contributed by atoms with E-state index in [2.05, 4.69) is 5.32 Å². The molecular formula is C28H21NO4. The van der Waals surface area contributed by atoms with E-state index in [9.17, 15) is 14.7 Å². The molecule has 5 nitrogen and oxygen atoms in total. The van der Waals surface area contributed by atoms with E-state index in [1.165, 1.54) is 6.08 Å². The third kappa shape index (κ3) is 5.54. The maximum atomic E-state index is 12.3. The third-order valence-electron chi connectivity index (χ3n) is 4.91. The quantitative estimate of drug-likeness (QED) is 0.349. The Hall–Kier alpha value is -4.64. The van der Waals surface area contributed by atoms with Crippen LogP contribution in [0.15, 0.2) is 115 Å². The molecule has 0 unspecified atom stereocenters. The highest BCUT2D eigenvalue weighted by molar-refractivity contribution is 6.02. The van der Waals surface area contributed by atoms with Crippen molar-refractivity contribution >= 4 is 18.0 Å². The van der Waals surface area contributed by atoms with Crippen molar-refractivity contribution < 1.29 is 19.4 Å². The first kappa shape index (κ1) is 21.6. The van der Waals surface area contributed by atoms with Gasteiger partial charge < -0.3 is 15.2 Å². The Morgan fingerprint density at radius 3 is 2.00 bits per heavy atom. The van der Waals surface area contributed by atoms with Gasteiger partial charge >= 0.3 is 5.97 Å². The molecule has 1 amide bonds. The first-order valence-corrected chi connectivity index (χ1v) is 10.3.